The third kappa shape index (κ3) is 1.80. The molecule has 1 N–H and O–H groups in total. The molecule has 0 aliphatic carbocycles. The number of hydrogen-bond donors (Lipinski definition) is 1. The molecule has 0 aromatic heterocycles. The van der Waals surface area contributed by atoms with Gasteiger partial charge in [-0.2, -0.15) is 0 Å². The highest BCUT2D eigenvalue weighted by Gasteiger charge is 2.37. The van der Waals surface area contributed by atoms with E-state index in [1.54, 1.807) is 6.07 Å². The molecular weight excluding hydrogens is 207 g/mol. The molecule has 0 amide bonds. The van der Waals surface area contributed by atoms with Gasteiger partial charge in [0.25, 0.3) is 0 Å². The highest BCUT2D eigenvalue weighted by Crippen LogP contribution is 2.42. The van der Waals surface area contributed by atoms with Gasteiger partial charge in [0.2, 0.25) is 0 Å². The summed E-state index contributed by atoms with van der Waals surface area (Å²) in [6.07, 6.45) is 1.60. The highest BCUT2D eigenvalue weighted by atomic mass is 19.1. The predicted molar refractivity (Wildman–Crippen MR) is 59.9 cm³/mol. The molecule has 1 atom stereocenters. The van der Waals surface area contributed by atoms with E-state index in [-0.39, 0.29) is 11.4 Å². The lowest BCUT2D eigenvalue weighted by Gasteiger charge is -2.39. The Morgan fingerprint density at radius 3 is 2.75 bits per heavy atom. The molecule has 0 radical (unpaired) electrons. The Balaban J connectivity index is 2.40. The maximum Gasteiger partial charge on any atom is 0.126 e. The first-order valence-corrected chi connectivity index (χ1v) is 5.77. The van der Waals surface area contributed by atoms with Crippen molar-refractivity contribution < 1.29 is 14.2 Å². The molecular formula is C13H17FO2. The standard InChI is InChI=1S/C13H17FO2/c1-3-13(4-2)8-11(15)10-7-9(14)5-6-12(10)16-13/h5-7,11,15H,3-4,8H2,1-2H3. The van der Waals surface area contributed by atoms with Gasteiger partial charge in [0.05, 0.1) is 6.10 Å². The van der Waals surface area contributed by atoms with Crippen LogP contribution in [0, 0.1) is 5.82 Å². The van der Waals surface area contributed by atoms with Crippen LogP contribution in [0.25, 0.3) is 0 Å². The topological polar surface area (TPSA) is 29.5 Å². The minimum atomic E-state index is -0.626. The summed E-state index contributed by atoms with van der Waals surface area (Å²) in [5.41, 5.74) is 0.266. The van der Waals surface area contributed by atoms with Crippen LogP contribution in [0.4, 0.5) is 4.39 Å². The van der Waals surface area contributed by atoms with Gasteiger partial charge in [-0.3, -0.25) is 0 Å². The van der Waals surface area contributed by atoms with E-state index in [0.29, 0.717) is 17.7 Å². The van der Waals surface area contributed by atoms with Crippen LogP contribution in [0.1, 0.15) is 44.8 Å². The number of ether oxygens (including phenoxy) is 1. The lowest BCUT2D eigenvalue weighted by atomic mass is 9.85. The van der Waals surface area contributed by atoms with E-state index in [4.69, 9.17) is 4.74 Å². The van der Waals surface area contributed by atoms with Crippen LogP contribution < -0.4 is 4.74 Å². The van der Waals surface area contributed by atoms with Gasteiger partial charge < -0.3 is 9.84 Å². The summed E-state index contributed by atoms with van der Waals surface area (Å²) in [5.74, 6) is 0.283. The van der Waals surface area contributed by atoms with Crippen LogP contribution in [0.15, 0.2) is 18.2 Å². The maximum absolute atomic E-state index is 13.1. The highest BCUT2D eigenvalue weighted by molar-refractivity contribution is 5.38. The van der Waals surface area contributed by atoms with Crippen molar-refractivity contribution in [3.05, 3.63) is 29.6 Å². The van der Waals surface area contributed by atoms with Gasteiger partial charge in [-0.15, -0.1) is 0 Å². The van der Waals surface area contributed by atoms with E-state index in [1.165, 1.54) is 12.1 Å². The van der Waals surface area contributed by atoms with Crippen LogP contribution in [0.5, 0.6) is 5.75 Å². The first-order chi connectivity index (χ1) is 7.60. The summed E-state index contributed by atoms with van der Waals surface area (Å²) in [5, 5.41) is 10.0. The van der Waals surface area contributed by atoms with E-state index in [1.807, 2.05) is 13.8 Å². The molecule has 0 bridgehead atoms. The minimum absolute atomic E-state index is 0.301. The fourth-order valence-corrected chi connectivity index (χ4v) is 2.29. The molecule has 3 heteroatoms. The predicted octanol–water partition coefficient (Wildman–Crippen LogP) is 3.20. The average molecular weight is 224 g/mol. The Hall–Kier alpha value is -1.09. The average Bonchev–Trinajstić information content (AvgIpc) is 2.30. The van der Waals surface area contributed by atoms with Crippen LogP contribution in [0.3, 0.4) is 0 Å². The van der Waals surface area contributed by atoms with Crippen molar-refractivity contribution in [1.82, 2.24) is 0 Å². The Labute approximate surface area is 95.1 Å². The number of hydrogen-bond acceptors (Lipinski definition) is 2. The molecule has 1 aliphatic rings. The number of aliphatic hydroxyl groups is 1. The van der Waals surface area contributed by atoms with E-state index < -0.39 is 6.10 Å². The van der Waals surface area contributed by atoms with Crippen molar-refractivity contribution in [1.29, 1.82) is 0 Å². The Bertz CT molecular complexity index is 386. The fourth-order valence-electron chi connectivity index (χ4n) is 2.29. The SMILES string of the molecule is CCC1(CC)CC(O)c2cc(F)ccc2O1. The molecule has 16 heavy (non-hydrogen) atoms. The number of rotatable bonds is 2. The van der Waals surface area contributed by atoms with E-state index in [0.717, 1.165) is 12.8 Å². The van der Waals surface area contributed by atoms with Crippen LogP contribution in [-0.2, 0) is 0 Å². The summed E-state index contributed by atoms with van der Waals surface area (Å²) in [6.45, 7) is 4.09. The van der Waals surface area contributed by atoms with Gasteiger partial charge in [-0.05, 0) is 31.0 Å². The zero-order valence-corrected chi connectivity index (χ0v) is 9.66. The van der Waals surface area contributed by atoms with Crippen LogP contribution >= 0.6 is 0 Å². The molecule has 1 aromatic carbocycles. The molecule has 88 valence electrons. The fraction of sp³-hybridized carbons (Fsp3) is 0.538. The minimum Gasteiger partial charge on any atom is -0.487 e. The lowest BCUT2D eigenvalue weighted by molar-refractivity contribution is -0.0198. The number of fused-ring (bicyclic) bond motifs is 1. The van der Waals surface area contributed by atoms with Gasteiger partial charge in [0, 0.05) is 12.0 Å². The summed E-state index contributed by atoms with van der Waals surface area (Å²) >= 11 is 0. The molecule has 2 nitrogen and oxygen atoms in total. The Morgan fingerprint density at radius 1 is 1.44 bits per heavy atom. The molecule has 0 saturated carbocycles. The Morgan fingerprint density at radius 2 is 2.12 bits per heavy atom. The van der Waals surface area contributed by atoms with Crippen molar-refractivity contribution in [2.45, 2.75) is 44.8 Å². The van der Waals surface area contributed by atoms with Gasteiger partial charge in [0.15, 0.2) is 0 Å². The molecule has 1 aromatic rings. The summed E-state index contributed by atoms with van der Waals surface area (Å²) in [7, 11) is 0. The zero-order valence-electron chi connectivity index (χ0n) is 9.66. The zero-order chi connectivity index (χ0) is 11.8. The summed E-state index contributed by atoms with van der Waals surface area (Å²) in [6, 6.07) is 4.33. The third-order valence-electron chi connectivity index (χ3n) is 3.51. The second-order valence-electron chi connectivity index (χ2n) is 4.39. The van der Waals surface area contributed by atoms with E-state index in [2.05, 4.69) is 0 Å². The monoisotopic (exact) mass is 224 g/mol. The molecule has 0 spiro atoms. The number of halogens is 1. The molecule has 0 fully saturated rings. The smallest absolute Gasteiger partial charge is 0.126 e. The maximum atomic E-state index is 13.1. The van der Waals surface area contributed by atoms with E-state index >= 15 is 0 Å². The summed E-state index contributed by atoms with van der Waals surface area (Å²) in [4.78, 5) is 0. The van der Waals surface area contributed by atoms with Gasteiger partial charge >= 0.3 is 0 Å². The third-order valence-corrected chi connectivity index (χ3v) is 3.51. The van der Waals surface area contributed by atoms with Crippen molar-refractivity contribution in [2.24, 2.45) is 0 Å². The second-order valence-corrected chi connectivity index (χ2v) is 4.39. The van der Waals surface area contributed by atoms with Crippen molar-refractivity contribution in [2.75, 3.05) is 0 Å². The van der Waals surface area contributed by atoms with Crippen LogP contribution in [0.2, 0.25) is 0 Å². The van der Waals surface area contributed by atoms with Gasteiger partial charge in [0.1, 0.15) is 17.2 Å². The quantitative estimate of drug-likeness (QED) is 0.835. The van der Waals surface area contributed by atoms with Crippen LogP contribution in [-0.4, -0.2) is 10.7 Å². The molecule has 1 unspecified atom stereocenters. The van der Waals surface area contributed by atoms with Crippen molar-refractivity contribution in [3.63, 3.8) is 0 Å². The molecule has 0 saturated heterocycles. The Kier molecular flexibility index (Phi) is 2.89. The molecule has 2 rings (SSSR count). The number of aliphatic hydroxyl groups excluding tert-OH is 1. The van der Waals surface area contributed by atoms with Crippen molar-refractivity contribution in [3.8, 4) is 5.75 Å². The van der Waals surface area contributed by atoms with Gasteiger partial charge in [-0.25, -0.2) is 4.39 Å². The van der Waals surface area contributed by atoms with Gasteiger partial charge in [-0.1, -0.05) is 13.8 Å². The molecule has 1 heterocycles. The lowest BCUT2D eigenvalue weighted by Crippen LogP contribution is -2.40. The van der Waals surface area contributed by atoms with Crippen molar-refractivity contribution >= 4 is 0 Å². The largest absolute Gasteiger partial charge is 0.487 e. The first kappa shape index (κ1) is 11.4. The second kappa shape index (κ2) is 4.06. The normalized spacial score (nSPS) is 22.4. The summed E-state index contributed by atoms with van der Waals surface area (Å²) < 4.78 is 19.0. The first-order valence-electron chi connectivity index (χ1n) is 5.77. The number of benzene rings is 1. The molecule has 1 aliphatic heterocycles. The van der Waals surface area contributed by atoms with E-state index in [9.17, 15) is 9.50 Å².